The van der Waals surface area contributed by atoms with Crippen molar-refractivity contribution in [3.8, 4) is 11.5 Å². The number of halogens is 1. The Labute approximate surface area is 176 Å². The van der Waals surface area contributed by atoms with Crippen molar-refractivity contribution in [3.05, 3.63) is 28.8 Å². The lowest BCUT2D eigenvalue weighted by molar-refractivity contribution is -0.116. The molecule has 1 fully saturated rings. The predicted octanol–water partition coefficient (Wildman–Crippen LogP) is 3.44. The fraction of sp³-hybridized carbons (Fsp3) is 0.500. The van der Waals surface area contributed by atoms with E-state index in [1.807, 2.05) is 0 Å². The van der Waals surface area contributed by atoms with E-state index in [-0.39, 0.29) is 5.91 Å². The zero-order valence-electron chi connectivity index (χ0n) is 16.1. The first-order valence-electron chi connectivity index (χ1n) is 9.57. The van der Waals surface area contributed by atoms with Crippen LogP contribution in [-0.4, -0.2) is 30.3 Å². The standard InChI is InChI=1S/C20H26ClN3O3S/c1-12-4-3-5-16(13(12)2)22-20(28)24-23-18(25)7-6-14-10-15(21)19-17(11-14)26-8-9-27-19/h6-7,10-13,16H,3-5,8-9H2,1-2H3,(H,23,25)(H2,22,24,28)/b7-6+/t12-,13+,16+/m0/s1. The highest BCUT2D eigenvalue weighted by Gasteiger charge is 2.27. The number of benzene rings is 1. The molecule has 6 nitrogen and oxygen atoms in total. The minimum Gasteiger partial charge on any atom is -0.486 e. The average molecular weight is 424 g/mol. The molecule has 1 aromatic carbocycles. The van der Waals surface area contributed by atoms with E-state index in [4.69, 9.17) is 33.3 Å². The third-order valence-corrected chi connectivity index (χ3v) is 5.87. The molecule has 152 valence electrons. The van der Waals surface area contributed by atoms with Crippen molar-refractivity contribution in [1.82, 2.24) is 16.2 Å². The molecule has 1 aromatic rings. The van der Waals surface area contributed by atoms with Crippen molar-refractivity contribution in [2.24, 2.45) is 11.8 Å². The second-order valence-electron chi connectivity index (χ2n) is 7.32. The number of thiocarbonyl (C=S) groups is 1. The van der Waals surface area contributed by atoms with Gasteiger partial charge in [0.1, 0.15) is 13.2 Å². The van der Waals surface area contributed by atoms with Crippen molar-refractivity contribution in [2.75, 3.05) is 13.2 Å². The maximum atomic E-state index is 12.1. The number of carbonyl (C=O) groups is 1. The lowest BCUT2D eigenvalue weighted by Gasteiger charge is -2.35. The van der Waals surface area contributed by atoms with Gasteiger partial charge in [0.05, 0.1) is 5.02 Å². The van der Waals surface area contributed by atoms with Gasteiger partial charge in [-0.1, -0.05) is 38.3 Å². The molecule has 8 heteroatoms. The Morgan fingerprint density at radius 1 is 1.21 bits per heavy atom. The van der Waals surface area contributed by atoms with Crippen LogP contribution in [0.4, 0.5) is 0 Å². The molecule has 28 heavy (non-hydrogen) atoms. The largest absolute Gasteiger partial charge is 0.486 e. The van der Waals surface area contributed by atoms with Gasteiger partial charge in [-0.15, -0.1) is 0 Å². The van der Waals surface area contributed by atoms with Crippen LogP contribution in [0.2, 0.25) is 5.02 Å². The third-order valence-electron chi connectivity index (χ3n) is 5.37. The maximum Gasteiger partial charge on any atom is 0.262 e. The minimum absolute atomic E-state index is 0.319. The van der Waals surface area contributed by atoms with Gasteiger partial charge in [0.2, 0.25) is 0 Å². The van der Waals surface area contributed by atoms with Gasteiger partial charge in [0, 0.05) is 12.1 Å². The first-order chi connectivity index (χ1) is 13.4. The van der Waals surface area contributed by atoms with Crippen LogP contribution < -0.4 is 25.6 Å². The number of amides is 1. The summed E-state index contributed by atoms with van der Waals surface area (Å²) in [7, 11) is 0. The number of hydrogen-bond acceptors (Lipinski definition) is 4. The van der Waals surface area contributed by atoms with E-state index < -0.39 is 0 Å². The smallest absolute Gasteiger partial charge is 0.262 e. The lowest BCUT2D eigenvalue weighted by atomic mass is 9.78. The van der Waals surface area contributed by atoms with Gasteiger partial charge in [-0.05, 0) is 54.2 Å². The van der Waals surface area contributed by atoms with Gasteiger partial charge in [-0.3, -0.25) is 15.6 Å². The molecule has 1 heterocycles. The second-order valence-corrected chi connectivity index (χ2v) is 8.14. The van der Waals surface area contributed by atoms with Crippen LogP contribution >= 0.6 is 23.8 Å². The SMILES string of the molecule is C[C@@H]1[C@@H](C)CCC[C@H]1NC(=S)NNC(=O)/C=C/c1cc(Cl)c2c(c1)OCCO2. The van der Waals surface area contributed by atoms with Crippen LogP contribution in [0.3, 0.4) is 0 Å². The second kappa shape index (κ2) is 9.47. The molecule has 0 aromatic heterocycles. The molecule has 3 rings (SSSR count). The number of nitrogens with one attached hydrogen (secondary N) is 3. The van der Waals surface area contributed by atoms with Crippen molar-refractivity contribution in [1.29, 1.82) is 0 Å². The summed E-state index contributed by atoms with van der Waals surface area (Å²) in [6, 6.07) is 3.84. The van der Waals surface area contributed by atoms with Crippen molar-refractivity contribution in [3.63, 3.8) is 0 Å². The molecular formula is C20H26ClN3O3S. The van der Waals surface area contributed by atoms with Crippen LogP contribution in [0.5, 0.6) is 11.5 Å². The van der Waals surface area contributed by atoms with Crippen LogP contribution in [0.1, 0.15) is 38.7 Å². The Bertz CT molecular complexity index is 771. The van der Waals surface area contributed by atoms with E-state index in [1.165, 1.54) is 18.9 Å². The maximum absolute atomic E-state index is 12.1. The summed E-state index contributed by atoms with van der Waals surface area (Å²) >= 11 is 11.5. The van der Waals surface area contributed by atoms with Crippen molar-refractivity contribution < 1.29 is 14.3 Å². The average Bonchev–Trinajstić information content (AvgIpc) is 2.68. The Balaban J connectivity index is 1.49. The number of rotatable bonds is 3. The summed E-state index contributed by atoms with van der Waals surface area (Å²) in [5, 5.41) is 4.18. The monoisotopic (exact) mass is 423 g/mol. The molecular weight excluding hydrogens is 398 g/mol. The molecule has 1 saturated carbocycles. The Morgan fingerprint density at radius 3 is 2.82 bits per heavy atom. The predicted molar refractivity (Wildman–Crippen MR) is 114 cm³/mol. The summed E-state index contributed by atoms with van der Waals surface area (Å²) in [5.41, 5.74) is 6.08. The van der Waals surface area contributed by atoms with Gasteiger partial charge in [-0.2, -0.15) is 0 Å². The molecule has 1 aliphatic heterocycles. The number of ether oxygens (including phenoxy) is 2. The van der Waals surface area contributed by atoms with E-state index >= 15 is 0 Å². The normalized spacial score (nSPS) is 23.9. The molecule has 0 bridgehead atoms. The highest BCUT2D eigenvalue weighted by atomic mass is 35.5. The fourth-order valence-electron chi connectivity index (χ4n) is 3.55. The molecule has 3 N–H and O–H groups in total. The van der Waals surface area contributed by atoms with Crippen LogP contribution in [0.25, 0.3) is 6.08 Å². The molecule has 0 saturated heterocycles. The number of carbonyl (C=O) groups excluding carboxylic acids is 1. The summed E-state index contributed by atoms with van der Waals surface area (Å²) in [6.07, 6.45) is 6.60. The minimum atomic E-state index is -0.319. The van der Waals surface area contributed by atoms with Gasteiger partial charge < -0.3 is 14.8 Å². The quantitative estimate of drug-likeness (QED) is 0.393. The van der Waals surface area contributed by atoms with Gasteiger partial charge in [-0.25, -0.2) is 0 Å². The van der Waals surface area contributed by atoms with Gasteiger partial charge in [0.25, 0.3) is 5.91 Å². The van der Waals surface area contributed by atoms with Crippen molar-refractivity contribution >= 4 is 40.9 Å². The first-order valence-corrected chi connectivity index (χ1v) is 10.4. The van der Waals surface area contributed by atoms with Crippen molar-refractivity contribution in [2.45, 2.75) is 39.2 Å². The molecule has 3 atom stereocenters. The molecule has 0 unspecified atom stereocenters. The summed E-state index contributed by atoms with van der Waals surface area (Å²) < 4.78 is 11.0. The Hall–Kier alpha value is -1.99. The van der Waals surface area contributed by atoms with E-state index in [2.05, 4.69) is 30.0 Å². The molecule has 0 spiro atoms. The van der Waals surface area contributed by atoms with Crippen LogP contribution in [0.15, 0.2) is 18.2 Å². The zero-order chi connectivity index (χ0) is 20.1. The zero-order valence-corrected chi connectivity index (χ0v) is 17.7. The number of hydrogen-bond donors (Lipinski definition) is 3. The van der Waals surface area contributed by atoms with Gasteiger partial charge >= 0.3 is 0 Å². The van der Waals surface area contributed by atoms with E-state index in [1.54, 1.807) is 18.2 Å². The topological polar surface area (TPSA) is 71.6 Å². The Kier molecular flexibility index (Phi) is 7.02. The molecule has 2 aliphatic rings. The van der Waals surface area contributed by atoms with E-state index in [9.17, 15) is 4.79 Å². The summed E-state index contributed by atoms with van der Waals surface area (Å²) in [5.74, 6) is 2.02. The molecule has 1 amide bonds. The number of hydrazine groups is 1. The van der Waals surface area contributed by atoms with E-state index in [0.29, 0.717) is 52.7 Å². The highest BCUT2D eigenvalue weighted by Crippen LogP contribution is 2.38. The molecule has 1 aliphatic carbocycles. The number of fused-ring (bicyclic) bond motifs is 1. The lowest BCUT2D eigenvalue weighted by Crippen LogP contribution is -2.52. The summed E-state index contributed by atoms with van der Waals surface area (Å²) in [6.45, 7) is 5.46. The third kappa shape index (κ3) is 5.29. The summed E-state index contributed by atoms with van der Waals surface area (Å²) in [4.78, 5) is 12.1. The van der Waals surface area contributed by atoms with Crippen LogP contribution in [-0.2, 0) is 4.79 Å². The van der Waals surface area contributed by atoms with Crippen LogP contribution in [0, 0.1) is 11.8 Å². The molecule has 0 radical (unpaired) electrons. The Morgan fingerprint density at radius 2 is 2.00 bits per heavy atom. The van der Waals surface area contributed by atoms with E-state index in [0.717, 1.165) is 12.0 Å². The first kappa shape index (κ1) is 20.7. The highest BCUT2D eigenvalue weighted by molar-refractivity contribution is 7.80. The fourth-order valence-corrected chi connectivity index (χ4v) is 4.03. The van der Waals surface area contributed by atoms with Gasteiger partial charge in [0.15, 0.2) is 16.6 Å².